The van der Waals surface area contributed by atoms with E-state index in [-0.39, 0.29) is 11.3 Å². The third-order valence-corrected chi connectivity index (χ3v) is 1.89. The van der Waals surface area contributed by atoms with Crippen LogP contribution in [-0.2, 0) is 4.79 Å². The minimum absolute atomic E-state index is 0.138. The van der Waals surface area contributed by atoms with Gasteiger partial charge in [-0.05, 0) is 39.1 Å². The molecule has 1 aliphatic heterocycles. The van der Waals surface area contributed by atoms with Crippen LogP contribution in [0.1, 0.15) is 27.2 Å². The Labute approximate surface area is 83.6 Å². The molecule has 1 heterocycles. The van der Waals surface area contributed by atoms with Gasteiger partial charge >= 0.3 is 0 Å². The molecule has 1 aliphatic rings. The summed E-state index contributed by atoms with van der Waals surface area (Å²) in [4.78, 5) is 10.9. The Morgan fingerprint density at radius 2 is 2.23 bits per heavy atom. The molecule has 0 saturated carbocycles. The Hall–Kier alpha value is -0.900. The van der Waals surface area contributed by atoms with Gasteiger partial charge in [0, 0.05) is 12.1 Å². The fraction of sp³-hybridized carbons (Fsp3) is 0.556. The Morgan fingerprint density at radius 3 is 2.69 bits per heavy atom. The molecule has 0 bridgehead atoms. The lowest BCUT2D eigenvalue weighted by Gasteiger charge is -2.31. The van der Waals surface area contributed by atoms with Gasteiger partial charge in [-0.15, -0.1) is 0 Å². The Morgan fingerprint density at radius 1 is 1.62 bits per heavy atom. The van der Waals surface area contributed by atoms with Gasteiger partial charge in [-0.2, -0.15) is 0 Å². The van der Waals surface area contributed by atoms with Crippen LogP contribution < -0.4 is 10.6 Å². The van der Waals surface area contributed by atoms with Crippen LogP contribution >= 0.6 is 12.2 Å². The van der Waals surface area contributed by atoms with Crippen LogP contribution in [0.2, 0.25) is 0 Å². The number of carbonyl (C=O) groups excluding carboxylic acids is 1. The first kappa shape index (κ1) is 10.2. The van der Waals surface area contributed by atoms with Gasteiger partial charge in [-0.1, -0.05) is 0 Å². The maximum atomic E-state index is 10.9. The fourth-order valence-electron chi connectivity index (χ4n) is 1.34. The molecule has 0 unspecified atom stereocenters. The Balaban J connectivity index is 2.79. The first-order chi connectivity index (χ1) is 5.89. The van der Waals surface area contributed by atoms with E-state index in [9.17, 15) is 4.79 Å². The lowest BCUT2D eigenvalue weighted by Crippen LogP contribution is -2.51. The van der Waals surface area contributed by atoms with Crippen molar-refractivity contribution in [3.05, 3.63) is 11.8 Å². The third-order valence-electron chi connectivity index (χ3n) is 1.68. The highest BCUT2D eigenvalue weighted by molar-refractivity contribution is 7.80. The van der Waals surface area contributed by atoms with E-state index in [2.05, 4.69) is 10.6 Å². The number of thiocarbonyl (C=S) groups is 1. The van der Waals surface area contributed by atoms with E-state index < -0.39 is 0 Å². The average molecular weight is 198 g/mol. The molecule has 0 fully saturated rings. The number of hydrogen-bond acceptors (Lipinski definition) is 2. The lowest BCUT2D eigenvalue weighted by atomic mass is 10.0. The van der Waals surface area contributed by atoms with Crippen LogP contribution in [0.4, 0.5) is 0 Å². The van der Waals surface area contributed by atoms with Crippen molar-refractivity contribution in [2.24, 2.45) is 0 Å². The molecule has 0 spiro atoms. The summed E-state index contributed by atoms with van der Waals surface area (Å²) in [5.74, 6) is 0.138. The molecular formula is C9H14N2OS. The molecular weight excluding hydrogens is 184 g/mol. The number of ketones is 1. The van der Waals surface area contributed by atoms with Gasteiger partial charge in [-0.3, -0.25) is 4.79 Å². The second-order valence-corrected chi connectivity index (χ2v) is 4.26. The van der Waals surface area contributed by atoms with E-state index >= 15 is 0 Å². The summed E-state index contributed by atoms with van der Waals surface area (Å²) in [6, 6.07) is 0. The van der Waals surface area contributed by atoms with Crippen LogP contribution in [0.3, 0.4) is 0 Å². The molecule has 2 N–H and O–H groups in total. The molecule has 4 heteroatoms. The maximum absolute atomic E-state index is 10.9. The van der Waals surface area contributed by atoms with Gasteiger partial charge < -0.3 is 10.6 Å². The molecule has 3 nitrogen and oxygen atoms in total. The van der Waals surface area contributed by atoms with E-state index in [4.69, 9.17) is 12.2 Å². The minimum Gasteiger partial charge on any atom is -0.354 e. The molecule has 72 valence electrons. The number of allylic oxidation sites excluding steroid dienone is 1. The summed E-state index contributed by atoms with van der Waals surface area (Å²) >= 11 is 5.01. The van der Waals surface area contributed by atoms with Crippen molar-refractivity contribution >= 4 is 23.1 Å². The maximum Gasteiger partial charge on any atom is 0.171 e. The third kappa shape index (κ3) is 3.14. The van der Waals surface area contributed by atoms with Crippen LogP contribution in [-0.4, -0.2) is 16.4 Å². The van der Waals surface area contributed by atoms with Gasteiger partial charge in [-0.25, -0.2) is 0 Å². The molecule has 0 aromatic carbocycles. The second-order valence-electron chi connectivity index (χ2n) is 3.85. The number of nitrogens with one attached hydrogen (secondary N) is 2. The van der Waals surface area contributed by atoms with E-state index in [1.54, 1.807) is 6.92 Å². The predicted octanol–water partition coefficient (Wildman–Crippen LogP) is 1.11. The molecule has 0 aliphatic carbocycles. The first-order valence-corrected chi connectivity index (χ1v) is 4.60. The van der Waals surface area contributed by atoms with Crippen molar-refractivity contribution in [3.63, 3.8) is 0 Å². The van der Waals surface area contributed by atoms with Crippen LogP contribution in [0.15, 0.2) is 11.8 Å². The highest BCUT2D eigenvalue weighted by Crippen LogP contribution is 2.13. The standard InChI is InChI=1S/C9H14N2OS/c1-6(12)4-7-5-9(2,3)11-8(13)10-7/h5H,4H2,1-3H3,(H2,10,11,13). The van der Waals surface area contributed by atoms with Gasteiger partial charge in [0.15, 0.2) is 5.11 Å². The summed E-state index contributed by atoms with van der Waals surface area (Å²) in [5.41, 5.74) is 0.730. The van der Waals surface area contributed by atoms with Crippen molar-refractivity contribution < 1.29 is 4.79 Å². The van der Waals surface area contributed by atoms with E-state index in [0.717, 1.165) is 5.70 Å². The summed E-state index contributed by atoms with van der Waals surface area (Å²) in [6.45, 7) is 5.60. The summed E-state index contributed by atoms with van der Waals surface area (Å²) in [7, 11) is 0. The van der Waals surface area contributed by atoms with E-state index in [1.807, 2.05) is 19.9 Å². The molecule has 0 aromatic heterocycles. The number of Topliss-reactive ketones (excluding diaryl/α,β-unsaturated/α-hetero) is 1. The van der Waals surface area contributed by atoms with Crippen molar-refractivity contribution in [1.82, 2.24) is 10.6 Å². The monoisotopic (exact) mass is 198 g/mol. The van der Waals surface area contributed by atoms with Crippen molar-refractivity contribution in [3.8, 4) is 0 Å². The number of hydrogen-bond donors (Lipinski definition) is 2. The molecule has 0 saturated heterocycles. The van der Waals surface area contributed by atoms with Gasteiger partial charge in [0.05, 0.1) is 5.54 Å². The van der Waals surface area contributed by atoms with Crippen LogP contribution in [0.5, 0.6) is 0 Å². The van der Waals surface area contributed by atoms with Gasteiger partial charge in [0.1, 0.15) is 5.78 Å². The van der Waals surface area contributed by atoms with Crippen molar-refractivity contribution in [2.75, 3.05) is 0 Å². The molecule has 13 heavy (non-hydrogen) atoms. The lowest BCUT2D eigenvalue weighted by molar-refractivity contribution is -0.116. The van der Waals surface area contributed by atoms with E-state index in [1.165, 1.54) is 0 Å². The van der Waals surface area contributed by atoms with Gasteiger partial charge in [0.25, 0.3) is 0 Å². The predicted molar refractivity (Wildman–Crippen MR) is 56.3 cm³/mol. The summed E-state index contributed by atoms with van der Waals surface area (Å²) < 4.78 is 0. The SMILES string of the molecule is CC(=O)CC1=CC(C)(C)NC(=S)N1. The fourth-order valence-corrected chi connectivity index (χ4v) is 1.74. The van der Waals surface area contributed by atoms with Gasteiger partial charge in [0.2, 0.25) is 0 Å². The molecule has 0 aromatic rings. The average Bonchev–Trinajstić information content (AvgIpc) is 1.78. The smallest absolute Gasteiger partial charge is 0.171 e. The normalized spacial score (nSPS) is 19.9. The Kier molecular flexibility index (Phi) is 2.71. The highest BCUT2D eigenvalue weighted by atomic mass is 32.1. The second kappa shape index (κ2) is 3.46. The summed E-state index contributed by atoms with van der Waals surface area (Å²) in [6.07, 6.45) is 2.41. The zero-order chi connectivity index (χ0) is 10.1. The minimum atomic E-state index is -0.160. The number of rotatable bonds is 2. The molecule has 1 rings (SSSR count). The molecule has 0 radical (unpaired) electrons. The zero-order valence-corrected chi connectivity index (χ0v) is 8.92. The van der Waals surface area contributed by atoms with Crippen LogP contribution in [0.25, 0.3) is 0 Å². The highest BCUT2D eigenvalue weighted by Gasteiger charge is 2.22. The van der Waals surface area contributed by atoms with E-state index in [0.29, 0.717) is 11.5 Å². The number of carbonyl (C=O) groups is 1. The van der Waals surface area contributed by atoms with Crippen molar-refractivity contribution in [1.29, 1.82) is 0 Å². The molecule has 0 amide bonds. The molecule has 0 atom stereocenters. The van der Waals surface area contributed by atoms with Crippen LogP contribution in [0, 0.1) is 0 Å². The summed E-state index contributed by atoms with van der Waals surface area (Å²) in [5, 5.41) is 6.64. The zero-order valence-electron chi connectivity index (χ0n) is 8.10. The topological polar surface area (TPSA) is 41.1 Å². The largest absolute Gasteiger partial charge is 0.354 e. The Bertz CT molecular complexity index is 281. The first-order valence-electron chi connectivity index (χ1n) is 4.19. The van der Waals surface area contributed by atoms with Crippen molar-refractivity contribution in [2.45, 2.75) is 32.7 Å². The quantitative estimate of drug-likeness (QED) is 0.652.